The molecule has 0 aliphatic rings. The monoisotopic (exact) mass is 480 g/mol. The Morgan fingerprint density at radius 1 is 0.750 bits per heavy atom. The summed E-state index contributed by atoms with van der Waals surface area (Å²) in [7, 11) is -8.69. The van der Waals surface area contributed by atoms with Crippen LogP contribution in [0, 0.1) is 0 Å². The Morgan fingerprint density at radius 3 is 1.88 bits per heavy atom. The van der Waals surface area contributed by atoms with Crippen LogP contribution in [0.1, 0.15) is 13.3 Å². The van der Waals surface area contributed by atoms with Crippen LogP contribution in [0.2, 0.25) is 0 Å². The summed E-state index contributed by atoms with van der Waals surface area (Å²) in [5.41, 5.74) is 0.764. The Hall–Kier alpha value is -3.33. The van der Waals surface area contributed by atoms with Crippen molar-refractivity contribution in [3.63, 3.8) is 0 Å². The van der Waals surface area contributed by atoms with Gasteiger partial charge in [-0.05, 0) is 48.9 Å². The number of nitrogens with one attached hydrogen (secondary N) is 3. The quantitative estimate of drug-likeness (QED) is 0.283. The molecule has 0 saturated carbocycles. The number of anilines is 5. The van der Waals surface area contributed by atoms with Crippen LogP contribution in [0.25, 0.3) is 0 Å². The lowest BCUT2D eigenvalue weighted by atomic mass is 10.3. The summed E-state index contributed by atoms with van der Waals surface area (Å²) in [6, 6.07) is 10.8. The summed E-state index contributed by atoms with van der Waals surface area (Å²) in [6.45, 7) is 2.55. The van der Waals surface area contributed by atoms with Crippen molar-refractivity contribution in [2.45, 2.75) is 23.1 Å². The van der Waals surface area contributed by atoms with E-state index in [1.807, 2.05) is 6.92 Å². The molecule has 5 N–H and O–H groups in total. The van der Waals surface area contributed by atoms with E-state index in [1.165, 1.54) is 42.5 Å². The first-order chi connectivity index (χ1) is 15.0. The van der Waals surface area contributed by atoms with Crippen LogP contribution in [0.3, 0.4) is 0 Å². The molecule has 0 fully saturated rings. The molecule has 0 amide bonds. The number of hydrogen-bond acceptors (Lipinski definition) is 10. The standard InChI is InChI=1S/C18H20N6O6S2/c1-2-10-19-16-22-17(20-12-6-8-14(9-7-12)31(25,26)27)24-18(23-16)21-13-4-3-5-15(11-13)32(28,29)30/h3-9,11H,2,10H2,1H3,(H,25,26,27)(H,28,29,30)(H3,19,20,21,22,23,24). The Bertz CT molecular complexity index is 1310. The number of benzene rings is 2. The van der Waals surface area contributed by atoms with Crippen LogP contribution in [-0.4, -0.2) is 47.4 Å². The molecule has 0 atom stereocenters. The highest BCUT2D eigenvalue weighted by atomic mass is 32.2. The van der Waals surface area contributed by atoms with Crippen molar-refractivity contribution in [2.24, 2.45) is 0 Å². The predicted octanol–water partition coefficient (Wildman–Crippen LogP) is 2.67. The van der Waals surface area contributed by atoms with E-state index in [4.69, 9.17) is 4.55 Å². The van der Waals surface area contributed by atoms with E-state index in [2.05, 4.69) is 30.9 Å². The topological polar surface area (TPSA) is 184 Å². The first-order valence-corrected chi connectivity index (χ1v) is 12.1. The van der Waals surface area contributed by atoms with Gasteiger partial charge in [0, 0.05) is 17.9 Å². The minimum absolute atomic E-state index is 0.0862. The number of aromatic nitrogens is 3. The molecule has 12 nitrogen and oxygen atoms in total. The molecule has 0 bridgehead atoms. The van der Waals surface area contributed by atoms with E-state index in [0.29, 0.717) is 17.9 Å². The van der Waals surface area contributed by atoms with Crippen molar-refractivity contribution in [3.05, 3.63) is 48.5 Å². The third kappa shape index (κ3) is 6.34. The minimum atomic E-state index is -4.38. The van der Waals surface area contributed by atoms with Crippen molar-refractivity contribution >= 4 is 49.5 Å². The third-order valence-corrected chi connectivity index (χ3v) is 5.68. The Kier molecular flexibility index (Phi) is 6.88. The molecule has 1 aromatic heterocycles. The molecular weight excluding hydrogens is 460 g/mol. The van der Waals surface area contributed by atoms with Crippen molar-refractivity contribution in [2.75, 3.05) is 22.5 Å². The fourth-order valence-corrected chi connectivity index (χ4v) is 3.51. The number of hydrogen-bond donors (Lipinski definition) is 5. The van der Waals surface area contributed by atoms with Gasteiger partial charge >= 0.3 is 0 Å². The van der Waals surface area contributed by atoms with Gasteiger partial charge in [0.25, 0.3) is 20.2 Å². The van der Waals surface area contributed by atoms with Crippen molar-refractivity contribution < 1.29 is 25.9 Å². The highest BCUT2D eigenvalue weighted by Gasteiger charge is 2.13. The van der Waals surface area contributed by atoms with E-state index in [-0.39, 0.29) is 27.6 Å². The van der Waals surface area contributed by atoms with E-state index in [9.17, 15) is 21.4 Å². The van der Waals surface area contributed by atoms with E-state index >= 15 is 0 Å². The molecule has 0 radical (unpaired) electrons. The van der Waals surface area contributed by atoms with Gasteiger partial charge in [0.1, 0.15) is 0 Å². The van der Waals surface area contributed by atoms with E-state index in [0.717, 1.165) is 6.42 Å². The average molecular weight is 481 g/mol. The Balaban J connectivity index is 1.90. The SMILES string of the molecule is CCCNc1nc(Nc2ccc(S(=O)(=O)O)cc2)nc(Nc2cccc(S(=O)(=O)O)c2)n1. The van der Waals surface area contributed by atoms with Gasteiger partial charge in [-0.1, -0.05) is 13.0 Å². The normalized spacial score (nSPS) is 11.7. The second-order valence-corrected chi connectivity index (χ2v) is 9.33. The van der Waals surface area contributed by atoms with Gasteiger partial charge in [-0.25, -0.2) is 0 Å². The van der Waals surface area contributed by atoms with Crippen LogP contribution in [0.4, 0.5) is 29.2 Å². The molecule has 170 valence electrons. The molecule has 0 saturated heterocycles. The Morgan fingerprint density at radius 2 is 1.31 bits per heavy atom. The molecule has 0 aliphatic carbocycles. The van der Waals surface area contributed by atoms with Gasteiger partial charge in [0.2, 0.25) is 17.8 Å². The van der Waals surface area contributed by atoms with Crippen molar-refractivity contribution in [3.8, 4) is 0 Å². The average Bonchev–Trinajstić information content (AvgIpc) is 2.71. The molecule has 1 heterocycles. The highest BCUT2D eigenvalue weighted by Crippen LogP contribution is 2.21. The van der Waals surface area contributed by atoms with Gasteiger partial charge in [-0.15, -0.1) is 0 Å². The first-order valence-electron chi connectivity index (χ1n) is 9.24. The molecule has 32 heavy (non-hydrogen) atoms. The molecule has 0 spiro atoms. The summed E-state index contributed by atoms with van der Waals surface area (Å²) in [5.74, 6) is 0.446. The smallest absolute Gasteiger partial charge is 0.294 e. The van der Waals surface area contributed by atoms with Crippen molar-refractivity contribution in [1.29, 1.82) is 0 Å². The fourth-order valence-electron chi connectivity index (χ4n) is 2.51. The summed E-state index contributed by atoms with van der Waals surface area (Å²) in [4.78, 5) is 12.2. The molecular formula is C18H20N6O6S2. The second kappa shape index (κ2) is 9.44. The lowest BCUT2D eigenvalue weighted by Gasteiger charge is -2.11. The van der Waals surface area contributed by atoms with Gasteiger partial charge in [0.05, 0.1) is 9.79 Å². The summed E-state index contributed by atoms with van der Waals surface area (Å²) in [6.07, 6.45) is 0.810. The largest absolute Gasteiger partial charge is 0.354 e. The van der Waals surface area contributed by atoms with E-state index in [1.54, 1.807) is 6.07 Å². The zero-order valence-corrected chi connectivity index (χ0v) is 18.4. The molecule has 3 rings (SSSR count). The summed E-state index contributed by atoms with van der Waals surface area (Å²) in [5, 5.41) is 8.79. The molecule has 14 heteroatoms. The molecule has 3 aromatic rings. The number of rotatable bonds is 9. The maximum atomic E-state index is 11.4. The number of nitrogens with zero attached hydrogens (tertiary/aromatic N) is 3. The third-order valence-electron chi connectivity index (χ3n) is 3.96. The molecule has 0 aliphatic heterocycles. The highest BCUT2D eigenvalue weighted by molar-refractivity contribution is 7.86. The van der Waals surface area contributed by atoms with Crippen LogP contribution in [0.5, 0.6) is 0 Å². The lowest BCUT2D eigenvalue weighted by Crippen LogP contribution is -2.10. The van der Waals surface area contributed by atoms with Crippen molar-refractivity contribution in [1.82, 2.24) is 15.0 Å². The van der Waals surface area contributed by atoms with Gasteiger partial charge in [-0.2, -0.15) is 31.8 Å². The zero-order valence-electron chi connectivity index (χ0n) is 16.7. The lowest BCUT2D eigenvalue weighted by molar-refractivity contribution is 0.481. The van der Waals surface area contributed by atoms with Gasteiger partial charge in [0.15, 0.2) is 0 Å². The second-order valence-electron chi connectivity index (χ2n) is 6.49. The predicted molar refractivity (Wildman–Crippen MR) is 118 cm³/mol. The van der Waals surface area contributed by atoms with Gasteiger partial charge < -0.3 is 16.0 Å². The molecule has 2 aromatic carbocycles. The summed E-state index contributed by atoms with van der Waals surface area (Å²) >= 11 is 0. The van der Waals surface area contributed by atoms with Crippen LogP contribution >= 0.6 is 0 Å². The maximum Gasteiger partial charge on any atom is 0.294 e. The summed E-state index contributed by atoms with van der Waals surface area (Å²) < 4.78 is 63.4. The van der Waals surface area contributed by atoms with E-state index < -0.39 is 20.2 Å². The van der Waals surface area contributed by atoms with Gasteiger partial charge in [-0.3, -0.25) is 9.11 Å². The van der Waals surface area contributed by atoms with Crippen LogP contribution in [0.15, 0.2) is 58.3 Å². The minimum Gasteiger partial charge on any atom is -0.354 e. The fraction of sp³-hybridized carbons (Fsp3) is 0.167. The van der Waals surface area contributed by atoms with Crippen LogP contribution < -0.4 is 16.0 Å². The van der Waals surface area contributed by atoms with Crippen LogP contribution in [-0.2, 0) is 20.2 Å². The molecule has 0 unspecified atom stereocenters. The maximum absolute atomic E-state index is 11.4. The first kappa shape index (κ1) is 23.3. The Labute approximate surface area is 184 Å². The zero-order chi connectivity index (χ0) is 23.4.